The van der Waals surface area contributed by atoms with E-state index in [9.17, 15) is 9.59 Å². The van der Waals surface area contributed by atoms with Crippen molar-refractivity contribution in [1.82, 2.24) is 25.1 Å². The molecule has 0 aliphatic carbocycles. The highest BCUT2D eigenvalue weighted by Crippen LogP contribution is 2.31. The highest BCUT2D eigenvalue weighted by molar-refractivity contribution is 6.37. The van der Waals surface area contributed by atoms with Crippen molar-refractivity contribution in [2.45, 2.75) is 27.3 Å². The third-order valence-corrected chi connectivity index (χ3v) is 6.16. The molecule has 0 radical (unpaired) electrons. The molecule has 184 valence electrons. The Kier molecular flexibility index (Phi) is 8.83. The van der Waals surface area contributed by atoms with E-state index >= 15 is 0 Å². The van der Waals surface area contributed by atoms with Gasteiger partial charge in [0.1, 0.15) is 23.9 Å². The number of nitrogens with one attached hydrogen (secondary N) is 2. The van der Waals surface area contributed by atoms with Crippen LogP contribution in [0.3, 0.4) is 0 Å². The number of aromatic amines is 1. The van der Waals surface area contributed by atoms with Gasteiger partial charge in [-0.2, -0.15) is 0 Å². The second kappa shape index (κ2) is 11.6. The first-order valence-electron chi connectivity index (χ1n) is 10.9. The van der Waals surface area contributed by atoms with Gasteiger partial charge >= 0.3 is 0 Å². The van der Waals surface area contributed by atoms with Crippen molar-refractivity contribution in [2.24, 2.45) is 0 Å². The van der Waals surface area contributed by atoms with Crippen LogP contribution >= 0.6 is 34.8 Å². The third kappa shape index (κ3) is 6.36. The molecule has 1 aromatic heterocycles. The Labute approximate surface area is 219 Å². The van der Waals surface area contributed by atoms with Crippen LogP contribution in [0, 0.1) is 6.92 Å². The van der Waals surface area contributed by atoms with E-state index in [1.807, 2.05) is 26.8 Å². The summed E-state index contributed by atoms with van der Waals surface area (Å²) in [6.07, 6.45) is 7.03. The molecule has 7 nitrogen and oxygen atoms in total. The minimum atomic E-state index is -0.347. The maximum atomic E-state index is 13.4. The Morgan fingerprint density at radius 1 is 1.29 bits per heavy atom. The quantitative estimate of drug-likeness (QED) is 0.322. The summed E-state index contributed by atoms with van der Waals surface area (Å²) < 4.78 is 0. The normalized spacial score (nSPS) is 14.2. The fourth-order valence-electron chi connectivity index (χ4n) is 3.48. The largest absolute Gasteiger partial charge is 0.355 e. The molecule has 35 heavy (non-hydrogen) atoms. The number of aromatic nitrogens is 2. The van der Waals surface area contributed by atoms with Gasteiger partial charge in [0.05, 0.1) is 17.3 Å². The number of likely N-dealkylation sites (N-methyl/N-ethyl adjacent to an activating group) is 1. The topological polar surface area (TPSA) is 81.3 Å². The number of aryl methyl sites for hydroxylation is 1. The van der Waals surface area contributed by atoms with Gasteiger partial charge in [-0.1, -0.05) is 47.5 Å². The smallest absolute Gasteiger partial charge is 0.240 e. The summed E-state index contributed by atoms with van der Waals surface area (Å²) in [4.78, 5) is 37.0. The zero-order valence-electron chi connectivity index (χ0n) is 19.7. The maximum Gasteiger partial charge on any atom is 0.240 e. The average Bonchev–Trinajstić information content (AvgIpc) is 3.31. The van der Waals surface area contributed by atoms with Crippen LogP contribution in [0.5, 0.6) is 0 Å². The molecule has 1 aliphatic heterocycles. The molecule has 2 heterocycles. The van der Waals surface area contributed by atoms with Crippen LogP contribution in [-0.2, 0) is 11.3 Å². The molecule has 2 aromatic rings. The number of amides is 1. The molecular weight excluding hydrogens is 509 g/mol. The second-order valence-electron chi connectivity index (χ2n) is 7.75. The van der Waals surface area contributed by atoms with Gasteiger partial charge in [-0.3, -0.25) is 9.59 Å². The second-order valence-corrected chi connectivity index (χ2v) is 9.03. The van der Waals surface area contributed by atoms with Gasteiger partial charge in [-0.05, 0) is 51.1 Å². The van der Waals surface area contributed by atoms with Gasteiger partial charge in [-0.25, -0.2) is 4.98 Å². The molecule has 0 saturated carbocycles. The third-order valence-electron chi connectivity index (χ3n) is 5.26. The van der Waals surface area contributed by atoms with Crippen LogP contribution in [0.1, 0.15) is 41.4 Å². The summed E-state index contributed by atoms with van der Waals surface area (Å²) in [5, 5.41) is 4.00. The molecule has 0 atom stereocenters. The van der Waals surface area contributed by atoms with E-state index in [1.54, 1.807) is 40.3 Å². The lowest BCUT2D eigenvalue weighted by Crippen LogP contribution is -2.37. The monoisotopic (exact) mass is 533 g/mol. The Bertz CT molecular complexity index is 1250. The number of ketones is 1. The number of hydrogen-bond donors (Lipinski definition) is 2. The van der Waals surface area contributed by atoms with E-state index in [0.717, 1.165) is 11.4 Å². The summed E-state index contributed by atoms with van der Waals surface area (Å²) in [6, 6.07) is 4.67. The molecule has 1 aliphatic rings. The minimum Gasteiger partial charge on any atom is -0.355 e. The number of halogens is 3. The Balaban J connectivity index is 1.91. The van der Waals surface area contributed by atoms with Crippen molar-refractivity contribution >= 4 is 52.6 Å². The Hall–Kier alpha value is -3.00. The Morgan fingerprint density at radius 2 is 2.03 bits per heavy atom. The number of carbonyl (C=O) groups is 2. The zero-order chi connectivity index (χ0) is 25.7. The molecule has 0 unspecified atom stereocenters. The van der Waals surface area contributed by atoms with Crippen LogP contribution in [0.15, 0.2) is 59.7 Å². The van der Waals surface area contributed by atoms with E-state index in [0.29, 0.717) is 34.8 Å². The molecule has 1 aromatic carbocycles. The van der Waals surface area contributed by atoms with Crippen LogP contribution in [0.2, 0.25) is 10.0 Å². The van der Waals surface area contributed by atoms with Crippen molar-refractivity contribution in [3.05, 3.63) is 92.5 Å². The number of imidazole rings is 1. The van der Waals surface area contributed by atoms with Crippen LogP contribution in [0.25, 0.3) is 6.08 Å². The number of Topliss-reactive ketones (excluding diaryl/α,β-unsaturated/α-hetero) is 1. The molecule has 0 saturated heterocycles. The number of carbonyl (C=O) groups excluding carboxylic acids is 2. The number of allylic oxidation sites excluding steroid dienone is 4. The SMILES string of the molecule is C=C1N(Cc2nc(/C=C\C(Cl)=C/C)c(C)[nH]2)C=C(C(=O)c2ccc(Cl)cc2Cl)N1CC(=O)NCC. The highest BCUT2D eigenvalue weighted by atomic mass is 35.5. The van der Waals surface area contributed by atoms with E-state index in [4.69, 9.17) is 34.8 Å². The van der Waals surface area contributed by atoms with Gasteiger partial charge in [0.25, 0.3) is 0 Å². The van der Waals surface area contributed by atoms with Gasteiger partial charge in [0.15, 0.2) is 0 Å². The van der Waals surface area contributed by atoms with Crippen molar-refractivity contribution in [1.29, 1.82) is 0 Å². The van der Waals surface area contributed by atoms with E-state index in [1.165, 1.54) is 6.07 Å². The first-order valence-corrected chi connectivity index (χ1v) is 12.0. The fraction of sp³-hybridized carbons (Fsp3) is 0.240. The molecule has 10 heteroatoms. The summed E-state index contributed by atoms with van der Waals surface area (Å²) in [5.74, 6) is 0.540. The lowest BCUT2D eigenvalue weighted by atomic mass is 10.1. The molecule has 3 rings (SSSR count). The fourth-order valence-corrected chi connectivity index (χ4v) is 4.04. The lowest BCUT2D eigenvalue weighted by molar-refractivity contribution is -0.121. The van der Waals surface area contributed by atoms with Crippen molar-refractivity contribution in [2.75, 3.05) is 13.1 Å². The van der Waals surface area contributed by atoms with Gasteiger partial charge < -0.3 is 20.1 Å². The number of rotatable bonds is 9. The van der Waals surface area contributed by atoms with Crippen LogP contribution in [-0.4, -0.2) is 44.5 Å². The predicted octanol–water partition coefficient (Wildman–Crippen LogP) is 5.63. The summed E-state index contributed by atoms with van der Waals surface area (Å²) >= 11 is 18.3. The number of hydrogen-bond acceptors (Lipinski definition) is 5. The van der Waals surface area contributed by atoms with Crippen molar-refractivity contribution < 1.29 is 9.59 Å². The molecular formula is C25H26Cl3N5O2. The predicted molar refractivity (Wildman–Crippen MR) is 141 cm³/mol. The van der Waals surface area contributed by atoms with Gasteiger partial charge in [0.2, 0.25) is 11.7 Å². The Morgan fingerprint density at radius 3 is 2.69 bits per heavy atom. The standard InChI is InChI=1S/C25H26Cl3N5O2/c1-5-17(26)8-10-21-15(3)30-23(31-21)13-32-12-22(33(16(32)4)14-24(34)29-6-2)25(35)19-9-7-18(27)11-20(19)28/h5,7-12H,4,6,13-14H2,1-3H3,(H,29,34)(H,30,31)/b10-8-,17-5+. The van der Waals surface area contributed by atoms with Crippen molar-refractivity contribution in [3.63, 3.8) is 0 Å². The number of H-pyrrole nitrogens is 1. The van der Waals surface area contributed by atoms with Gasteiger partial charge in [0, 0.05) is 34.1 Å². The molecule has 0 fully saturated rings. The summed E-state index contributed by atoms with van der Waals surface area (Å²) in [5.41, 5.74) is 2.17. The number of nitrogens with zero attached hydrogens (tertiary/aromatic N) is 3. The molecule has 2 N–H and O–H groups in total. The van der Waals surface area contributed by atoms with E-state index in [2.05, 4.69) is 21.9 Å². The highest BCUT2D eigenvalue weighted by Gasteiger charge is 2.33. The molecule has 0 spiro atoms. The maximum absolute atomic E-state index is 13.4. The van der Waals surface area contributed by atoms with Crippen LogP contribution < -0.4 is 5.32 Å². The summed E-state index contributed by atoms with van der Waals surface area (Å²) in [6.45, 7) is 10.4. The molecule has 0 bridgehead atoms. The number of benzene rings is 1. The average molecular weight is 535 g/mol. The van der Waals surface area contributed by atoms with E-state index < -0.39 is 0 Å². The first-order chi connectivity index (χ1) is 16.6. The van der Waals surface area contributed by atoms with Crippen molar-refractivity contribution in [3.8, 4) is 0 Å². The minimum absolute atomic E-state index is 0.0705. The van der Waals surface area contributed by atoms with Gasteiger partial charge in [-0.15, -0.1) is 0 Å². The van der Waals surface area contributed by atoms with Crippen LogP contribution in [0.4, 0.5) is 0 Å². The molecule has 1 amide bonds. The lowest BCUT2D eigenvalue weighted by Gasteiger charge is -2.25. The zero-order valence-corrected chi connectivity index (χ0v) is 21.9. The summed E-state index contributed by atoms with van der Waals surface area (Å²) in [7, 11) is 0. The van der Waals surface area contributed by atoms with E-state index in [-0.39, 0.29) is 34.5 Å². The first kappa shape index (κ1) is 26.6.